The van der Waals surface area contributed by atoms with Gasteiger partial charge in [0.15, 0.2) is 5.82 Å². The van der Waals surface area contributed by atoms with Crippen LogP contribution in [-0.2, 0) is 0 Å². The van der Waals surface area contributed by atoms with Crippen molar-refractivity contribution in [1.82, 2.24) is 9.97 Å². The Hall–Kier alpha value is -1.52. The topological polar surface area (TPSA) is 83.8 Å². The third-order valence-corrected chi connectivity index (χ3v) is 3.23. The maximum absolute atomic E-state index is 11.2. The van der Waals surface area contributed by atoms with E-state index in [4.69, 9.17) is 5.73 Å². The Morgan fingerprint density at radius 1 is 1.67 bits per heavy atom. The number of rotatable bonds is 4. The van der Waals surface area contributed by atoms with E-state index in [-0.39, 0.29) is 11.2 Å². The fraction of sp³-hybridized carbons (Fsp3) is 0.600. The number of nitrogens with zero attached hydrogens (tertiary/aromatic N) is 1. The van der Waals surface area contributed by atoms with Crippen molar-refractivity contribution in [1.29, 1.82) is 0 Å². The monoisotopic (exact) mass is 208 g/mol. The van der Waals surface area contributed by atoms with E-state index >= 15 is 0 Å². The van der Waals surface area contributed by atoms with Crippen LogP contribution in [0.4, 0.5) is 11.5 Å². The second kappa shape index (κ2) is 3.56. The Bertz CT molecular complexity index is 408. The van der Waals surface area contributed by atoms with Gasteiger partial charge in [-0.25, -0.2) is 4.98 Å². The summed E-state index contributed by atoms with van der Waals surface area (Å²) in [6, 6.07) is 0. The molecule has 4 N–H and O–H groups in total. The minimum atomic E-state index is -0.283. The summed E-state index contributed by atoms with van der Waals surface area (Å²) in [6.07, 6.45) is 5.02. The third kappa shape index (κ3) is 1.95. The lowest BCUT2D eigenvalue weighted by molar-refractivity contribution is 0.521. The van der Waals surface area contributed by atoms with E-state index in [0.717, 1.165) is 13.0 Å². The van der Waals surface area contributed by atoms with Gasteiger partial charge in [0.05, 0.1) is 6.33 Å². The molecule has 5 nitrogen and oxygen atoms in total. The van der Waals surface area contributed by atoms with E-state index in [1.807, 2.05) is 0 Å². The number of hydrogen-bond donors (Lipinski definition) is 3. The van der Waals surface area contributed by atoms with Gasteiger partial charge in [-0.3, -0.25) is 4.79 Å². The van der Waals surface area contributed by atoms with Crippen LogP contribution >= 0.6 is 0 Å². The zero-order valence-electron chi connectivity index (χ0n) is 8.84. The molecule has 1 saturated carbocycles. The molecule has 1 aliphatic rings. The van der Waals surface area contributed by atoms with Crippen molar-refractivity contribution in [3.8, 4) is 0 Å². The first-order valence-electron chi connectivity index (χ1n) is 5.24. The summed E-state index contributed by atoms with van der Waals surface area (Å²) in [4.78, 5) is 17.6. The maximum Gasteiger partial charge on any atom is 0.276 e. The van der Waals surface area contributed by atoms with Crippen molar-refractivity contribution in [3.63, 3.8) is 0 Å². The number of H-pyrrole nitrogens is 1. The minimum Gasteiger partial charge on any atom is -0.391 e. The molecular formula is C10H16N4O. The highest BCUT2D eigenvalue weighted by molar-refractivity contribution is 5.59. The van der Waals surface area contributed by atoms with Crippen molar-refractivity contribution >= 4 is 11.5 Å². The number of hydrogen-bond acceptors (Lipinski definition) is 4. The summed E-state index contributed by atoms with van der Waals surface area (Å²) in [5, 5.41) is 3.15. The van der Waals surface area contributed by atoms with Crippen molar-refractivity contribution in [2.45, 2.75) is 26.2 Å². The van der Waals surface area contributed by atoms with Crippen LogP contribution in [0.15, 0.2) is 11.1 Å². The number of nitrogens with two attached hydrogens (primary N) is 1. The lowest BCUT2D eigenvalue weighted by atomic mass is 10.0. The van der Waals surface area contributed by atoms with Gasteiger partial charge >= 0.3 is 0 Å². The number of aromatic amines is 1. The maximum atomic E-state index is 11.2. The van der Waals surface area contributed by atoms with Crippen LogP contribution in [0, 0.1) is 5.41 Å². The van der Waals surface area contributed by atoms with E-state index in [9.17, 15) is 4.79 Å². The summed E-state index contributed by atoms with van der Waals surface area (Å²) in [6.45, 7) is 3.04. The highest BCUT2D eigenvalue weighted by Crippen LogP contribution is 2.48. The molecule has 1 aromatic heterocycles. The molecule has 2 rings (SSSR count). The molecule has 0 atom stereocenters. The molecule has 0 saturated heterocycles. The minimum absolute atomic E-state index is 0.171. The molecule has 0 bridgehead atoms. The first kappa shape index (κ1) is 10.0. The average molecular weight is 208 g/mol. The predicted molar refractivity (Wildman–Crippen MR) is 59.7 cm³/mol. The molecule has 1 heterocycles. The summed E-state index contributed by atoms with van der Waals surface area (Å²) < 4.78 is 0. The average Bonchev–Trinajstić information content (AvgIpc) is 3.01. The molecule has 5 heteroatoms. The largest absolute Gasteiger partial charge is 0.391 e. The lowest BCUT2D eigenvalue weighted by Crippen LogP contribution is -2.20. The van der Waals surface area contributed by atoms with Gasteiger partial charge in [-0.2, -0.15) is 0 Å². The molecular weight excluding hydrogens is 192 g/mol. The van der Waals surface area contributed by atoms with E-state index in [1.165, 1.54) is 19.2 Å². The van der Waals surface area contributed by atoms with Crippen LogP contribution in [0.1, 0.15) is 26.2 Å². The summed E-state index contributed by atoms with van der Waals surface area (Å²) in [7, 11) is 0. The van der Waals surface area contributed by atoms with Gasteiger partial charge in [-0.1, -0.05) is 6.92 Å². The molecule has 0 radical (unpaired) electrons. The van der Waals surface area contributed by atoms with E-state index in [1.54, 1.807) is 0 Å². The Labute approximate surface area is 88.1 Å². The highest BCUT2D eigenvalue weighted by atomic mass is 16.1. The van der Waals surface area contributed by atoms with Gasteiger partial charge in [0, 0.05) is 6.54 Å². The van der Waals surface area contributed by atoms with Crippen LogP contribution in [0.2, 0.25) is 0 Å². The zero-order chi connectivity index (χ0) is 10.9. The van der Waals surface area contributed by atoms with Gasteiger partial charge in [0.1, 0.15) is 5.69 Å². The van der Waals surface area contributed by atoms with Gasteiger partial charge in [0.25, 0.3) is 5.56 Å². The highest BCUT2D eigenvalue weighted by Gasteiger charge is 2.40. The van der Waals surface area contributed by atoms with Crippen LogP contribution in [0.3, 0.4) is 0 Å². The van der Waals surface area contributed by atoms with Crippen LogP contribution in [-0.4, -0.2) is 16.5 Å². The number of nitrogen functional groups attached to an aromatic ring is 1. The molecule has 15 heavy (non-hydrogen) atoms. The smallest absolute Gasteiger partial charge is 0.276 e. The third-order valence-electron chi connectivity index (χ3n) is 3.23. The van der Waals surface area contributed by atoms with Crippen LogP contribution < -0.4 is 16.6 Å². The van der Waals surface area contributed by atoms with Crippen molar-refractivity contribution in [2.24, 2.45) is 5.41 Å². The van der Waals surface area contributed by atoms with E-state index in [0.29, 0.717) is 11.2 Å². The Balaban J connectivity index is 2.05. The normalized spacial score (nSPS) is 17.4. The fourth-order valence-electron chi connectivity index (χ4n) is 1.65. The second-order valence-corrected chi connectivity index (χ2v) is 4.20. The Morgan fingerprint density at radius 3 is 3.00 bits per heavy atom. The molecule has 1 aromatic rings. The first-order chi connectivity index (χ1) is 7.17. The SMILES string of the molecule is CCC1(CNc2nc[nH]c(=O)c2N)CC1. The quantitative estimate of drug-likeness (QED) is 0.688. The zero-order valence-corrected chi connectivity index (χ0v) is 8.84. The van der Waals surface area contributed by atoms with E-state index < -0.39 is 0 Å². The number of nitrogens with one attached hydrogen (secondary N) is 2. The number of aromatic nitrogens is 2. The van der Waals surface area contributed by atoms with Crippen LogP contribution in [0.5, 0.6) is 0 Å². The van der Waals surface area contributed by atoms with Crippen molar-refractivity contribution < 1.29 is 0 Å². The molecule has 0 unspecified atom stereocenters. The first-order valence-corrected chi connectivity index (χ1v) is 5.24. The van der Waals surface area contributed by atoms with Crippen molar-refractivity contribution in [2.75, 3.05) is 17.6 Å². The molecule has 0 aliphatic heterocycles. The predicted octanol–water partition coefficient (Wildman–Crippen LogP) is 0.954. The van der Waals surface area contributed by atoms with Gasteiger partial charge < -0.3 is 16.0 Å². The molecule has 0 amide bonds. The molecule has 0 spiro atoms. The molecule has 1 aliphatic carbocycles. The van der Waals surface area contributed by atoms with Gasteiger partial charge in [-0.15, -0.1) is 0 Å². The molecule has 0 aromatic carbocycles. The summed E-state index contributed by atoms with van der Waals surface area (Å²) >= 11 is 0. The Kier molecular flexibility index (Phi) is 2.38. The summed E-state index contributed by atoms with van der Waals surface area (Å²) in [5.74, 6) is 0.499. The summed E-state index contributed by atoms with van der Waals surface area (Å²) in [5.41, 5.74) is 5.91. The molecule has 1 fully saturated rings. The second-order valence-electron chi connectivity index (χ2n) is 4.20. The standard InChI is InChI=1S/C10H16N4O/c1-2-10(3-4-10)5-12-8-7(11)9(15)14-6-13-8/h6H,2-5,11H2,1H3,(H2,12,13,14,15). The molecule has 82 valence electrons. The van der Waals surface area contributed by atoms with Gasteiger partial charge in [-0.05, 0) is 24.7 Å². The van der Waals surface area contributed by atoms with Crippen LogP contribution in [0.25, 0.3) is 0 Å². The fourth-order valence-corrected chi connectivity index (χ4v) is 1.65. The Morgan fingerprint density at radius 2 is 2.40 bits per heavy atom. The number of anilines is 2. The van der Waals surface area contributed by atoms with Crippen molar-refractivity contribution in [3.05, 3.63) is 16.7 Å². The lowest BCUT2D eigenvalue weighted by Gasteiger charge is -2.14. The van der Waals surface area contributed by atoms with Gasteiger partial charge in [0.2, 0.25) is 0 Å². The van der Waals surface area contributed by atoms with E-state index in [2.05, 4.69) is 22.2 Å².